The van der Waals surface area contributed by atoms with Crippen LogP contribution in [0.5, 0.6) is 5.75 Å². The van der Waals surface area contributed by atoms with Crippen molar-refractivity contribution >= 4 is 0 Å². The summed E-state index contributed by atoms with van der Waals surface area (Å²) < 4.78 is 10.8. The number of ether oxygens (including phenoxy) is 1. The lowest BCUT2D eigenvalue weighted by Gasteiger charge is -2.34. The largest absolute Gasteiger partial charge is 0.497 e. The zero-order valence-electron chi connectivity index (χ0n) is 13.5. The number of hydrogen-bond acceptors (Lipinski definition) is 5. The van der Waals surface area contributed by atoms with E-state index in [1.54, 1.807) is 7.11 Å². The number of methoxy groups -OCH3 is 1. The van der Waals surface area contributed by atoms with Gasteiger partial charge in [0.2, 0.25) is 11.8 Å². The Hall–Kier alpha value is -1.88. The molecule has 5 heteroatoms. The van der Waals surface area contributed by atoms with Crippen molar-refractivity contribution in [3.63, 3.8) is 0 Å². The van der Waals surface area contributed by atoms with Crippen LogP contribution in [0.3, 0.4) is 0 Å². The molecule has 1 fully saturated rings. The lowest BCUT2D eigenvalue weighted by Crippen LogP contribution is -2.35. The average Bonchev–Trinajstić information content (AvgIpc) is 3.01. The number of piperidine rings is 1. The first-order valence-corrected chi connectivity index (χ1v) is 7.85. The maximum atomic E-state index is 5.56. The molecule has 118 valence electrons. The molecule has 1 aliphatic heterocycles. The fourth-order valence-corrected chi connectivity index (χ4v) is 3.13. The van der Waals surface area contributed by atoms with Gasteiger partial charge in [-0.3, -0.25) is 4.90 Å². The predicted octanol–water partition coefficient (Wildman–Crippen LogP) is 3.33. The lowest BCUT2D eigenvalue weighted by atomic mass is 9.89. The van der Waals surface area contributed by atoms with Gasteiger partial charge in [-0.15, -0.1) is 10.2 Å². The smallest absolute Gasteiger partial charge is 0.233 e. The summed E-state index contributed by atoms with van der Waals surface area (Å²) in [7, 11) is 1.70. The van der Waals surface area contributed by atoms with Gasteiger partial charge in [0.1, 0.15) is 5.75 Å². The highest BCUT2D eigenvalue weighted by Gasteiger charge is 2.26. The highest BCUT2D eigenvalue weighted by molar-refractivity contribution is 5.29. The second-order valence-electron chi connectivity index (χ2n) is 5.92. The third kappa shape index (κ3) is 3.14. The summed E-state index contributed by atoms with van der Waals surface area (Å²) in [6.07, 6.45) is 2.31. The molecule has 1 aromatic heterocycles. The van der Waals surface area contributed by atoms with Crippen molar-refractivity contribution < 1.29 is 9.15 Å². The van der Waals surface area contributed by atoms with Crippen LogP contribution >= 0.6 is 0 Å². The minimum Gasteiger partial charge on any atom is -0.497 e. The molecule has 3 rings (SSSR count). The molecule has 0 amide bonds. The summed E-state index contributed by atoms with van der Waals surface area (Å²) in [6.45, 7) is 6.08. The van der Waals surface area contributed by atoms with Crippen LogP contribution in [0, 0.1) is 6.92 Å². The molecule has 0 radical (unpaired) electrons. The molecule has 1 atom stereocenters. The van der Waals surface area contributed by atoms with Crippen LogP contribution in [0.15, 0.2) is 28.7 Å². The number of likely N-dealkylation sites (tertiary alicyclic amines) is 1. The molecule has 0 saturated carbocycles. The molecule has 22 heavy (non-hydrogen) atoms. The summed E-state index contributed by atoms with van der Waals surface area (Å²) in [4.78, 5) is 2.42. The molecule has 1 aliphatic rings. The fourth-order valence-electron chi connectivity index (χ4n) is 3.13. The van der Waals surface area contributed by atoms with Crippen molar-refractivity contribution in [1.82, 2.24) is 15.1 Å². The van der Waals surface area contributed by atoms with Crippen molar-refractivity contribution in [3.8, 4) is 5.75 Å². The van der Waals surface area contributed by atoms with Crippen molar-refractivity contribution in [2.45, 2.75) is 38.6 Å². The molecule has 5 nitrogen and oxygen atoms in total. The Bertz CT molecular complexity index is 601. The van der Waals surface area contributed by atoms with Crippen LogP contribution in [0.1, 0.15) is 49.1 Å². The first-order chi connectivity index (χ1) is 10.7. The minimum atomic E-state index is 0.193. The predicted molar refractivity (Wildman–Crippen MR) is 84.0 cm³/mol. The molecular weight excluding hydrogens is 278 g/mol. The van der Waals surface area contributed by atoms with E-state index < -0.39 is 0 Å². The van der Waals surface area contributed by atoms with Crippen LogP contribution in [-0.4, -0.2) is 35.3 Å². The SMILES string of the molecule is COc1ccc(C2CCN(C(C)c3nnc(C)o3)CC2)cc1. The van der Waals surface area contributed by atoms with Crippen molar-refractivity contribution in [2.75, 3.05) is 20.2 Å². The van der Waals surface area contributed by atoms with Gasteiger partial charge in [0, 0.05) is 6.92 Å². The Morgan fingerprint density at radius 3 is 2.41 bits per heavy atom. The topological polar surface area (TPSA) is 51.4 Å². The summed E-state index contributed by atoms with van der Waals surface area (Å²) in [5, 5.41) is 8.07. The van der Waals surface area contributed by atoms with E-state index in [-0.39, 0.29) is 6.04 Å². The van der Waals surface area contributed by atoms with Gasteiger partial charge in [0.05, 0.1) is 13.2 Å². The van der Waals surface area contributed by atoms with Gasteiger partial charge in [0.25, 0.3) is 0 Å². The Morgan fingerprint density at radius 2 is 1.86 bits per heavy atom. The molecule has 1 saturated heterocycles. The molecule has 1 unspecified atom stereocenters. The van der Waals surface area contributed by atoms with E-state index in [0.29, 0.717) is 11.8 Å². The minimum absolute atomic E-state index is 0.193. The average molecular weight is 301 g/mol. The first-order valence-electron chi connectivity index (χ1n) is 7.85. The normalized spacial score (nSPS) is 18.3. The highest BCUT2D eigenvalue weighted by Crippen LogP contribution is 2.32. The van der Waals surface area contributed by atoms with Crippen LogP contribution in [0.4, 0.5) is 0 Å². The Kier molecular flexibility index (Phi) is 4.43. The van der Waals surface area contributed by atoms with E-state index in [1.165, 1.54) is 5.56 Å². The Labute approximate surface area is 131 Å². The maximum Gasteiger partial charge on any atom is 0.233 e. The number of aryl methyl sites for hydroxylation is 1. The van der Waals surface area contributed by atoms with Crippen molar-refractivity contribution in [3.05, 3.63) is 41.6 Å². The van der Waals surface area contributed by atoms with Gasteiger partial charge in [-0.05, 0) is 56.5 Å². The van der Waals surface area contributed by atoms with Gasteiger partial charge in [0.15, 0.2) is 0 Å². The van der Waals surface area contributed by atoms with E-state index >= 15 is 0 Å². The second-order valence-corrected chi connectivity index (χ2v) is 5.92. The second kappa shape index (κ2) is 6.48. The van der Waals surface area contributed by atoms with E-state index in [2.05, 4.69) is 34.2 Å². The van der Waals surface area contributed by atoms with Crippen molar-refractivity contribution in [1.29, 1.82) is 0 Å². The van der Waals surface area contributed by atoms with Crippen LogP contribution in [-0.2, 0) is 0 Å². The highest BCUT2D eigenvalue weighted by atomic mass is 16.5. The van der Waals surface area contributed by atoms with Gasteiger partial charge in [-0.25, -0.2) is 0 Å². The van der Waals surface area contributed by atoms with E-state index in [0.717, 1.165) is 37.6 Å². The third-order valence-corrected chi connectivity index (χ3v) is 4.56. The van der Waals surface area contributed by atoms with E-state index in [4.69, 9.17) is 9.15 Å². The number of rotatable bonds is 4. The number of benzene rings is 1. The quantitative estimate of drug-likeness (QED) is 0.867. The van der Waals surface area contributed by atoms with E-state index in [9.17, 15) is 0 Å². The van der Waals surface area contributed by atoms with Crippen LogP contribution < -0.4 is 4.74 Å². The number of hydrogen-bond donors (Lipinski definition) is 0. The van der Waals surface area contributed by atoms with Gasteiger partial charge in [-0.2, -0.15) is 0 Å². The van der Waals surface area contributed by atoms with Crippen molar-refractivity contribution in [2.24, 2.45) is 0 Å². The Balaban J connectivity index is 1.59. The molecule has 0 bridgehead atoms. The summed E-state index contributed by atoms with van der Waals surface area (Å²) in [6, 6.07) is 8.66. The van der Waals surface area contributed by atoms with Crippen LogP contribution in [0.2, 0.25) is 0 Å². The van der Waals surface area contributed by atoms with Gasteiger partial charge < -0.3 is 9.15 Å². The summed E-state index contributed by atoms with van der Waals surface area (Å²) in [5.74, 6) is 2.90. The molecule has 0 N–H and O–H groups in total. The molecule has 0 spiro atoms. The maximum absolute atomic E-state index is 5.56. The van der Waals surface area contributed by atoms with Gasteiger partial charge in [-0.1, -0.05) is 12.1 Å². The zero-order valence-corrected chi connectivity index (χ0v) is 13.5. The Morgan fingerprint density at radius 1 is 1.18 bits per heavy atom. The monoisotopic (exact) mass is 301 g/mol. The fraction of sp³-hybridized carbons (Fsp3) is 0.529. The lowest BCUT2D eigenvalue weighted by molar-refractivity contribution is 0.142. The number of nitrogens with zero attached hydrogens (tertiary/aromatic N) is 3. The van der Waals surface area contributed by atoms with Gasteiger partial charge >= 0.3 is 0 Å². The van der Waals surface area contributed by atoms with E-state index in [1.807, 2.05) is 19.1 Å². The molecular formula is C17H23N3O2. The molecule has 2 heterocycles. The molecule has 2 aromatic rings. The first kappa shape index (κ1) is 15.0. The number of aromatic nitrogens is 2. The summed E-state index contributed by atoms with van der Waals surface area (Å²) in [5.41, 5.74) is 1.40. The standard InChI is InChI=1S/C17H23N3O2/c1-12(17-19-18-13(2)22-17)20-10-8-15(9-11-20)14-4-6-16(21-3)7-5-14/h4-7,12,15H,8-11H2,1-3H3. The summed E-state index contributed by atoms with van der Waals surface area (Å²) >= 11 is 0. The third-order valence-electron chi connectivity index (χ3n) is 4.56. The molecule has 0 aliphatic carbocycles. The molecule has 1 aromatic carbocycles. The zero-order chi connectivity index (χ0) is 15.5. The van der Waals surface area contributed by atoms with Crippen LogP contribution in [0.25, 0.3) is 0 Å².